The lowest BCUT2D eigenvalue weighted by Crippen LogP contribution is -2.31. The van der Waals surface area contributed by atoms with E-state index >= 15 is 0 Å². The second-order valence-electron chi connectivity index (χ2n) is 4.66. The van der Waals surface area contributed by atoms with E-state index < -0.39 is 0 Å². The number of allylic oxidation sites excluding steroid dienone is 1. The van der Waals surface area contributed by atoms with Gasteiger partial charge in [-0.25, -0.2) is 0 Å². The van der Waals surface area contributed by atoms with Gasteiger partial charge in [-0.2, -0.15) is 5.10 Å². The van der Waals surface area contributed by atoms with Crippen LogP contribution in [0, 0.1) is 0 Å². The number of methoxy groups -OCH3 is 1. The predicted molar refractivity (Wildman–Crippen MR) is 99.5 cm³/mol. The number of hydrazone groups is 1. The van der Waals surface area contributed by atoms with E-state index in [9.17, 15) is 0 Å². The zero-order valence-electron chi connectivity index (χ0n) is 12.9. The number of ether oxygens (including phenoxy) is 1. The first kappa shape index (κ1) is 16.7. The molecule has 0 unspecified atom stereocenters. The maximum Gasteiger partial charge on any atom is 0.187 e. The second-order valence-corrected chi connectivity index (χ2v) is 5.07. The second kappa shape index (κ2) is 9.38. The Labute approximate surface area is 141 Å². The van der Waals surface area contributed by atoms with E-state index in [2.05, 4.69) is 15.8 Å². The quantitative estimate of drug-likeness (QED) is 0.486. The predicted octanol–water partition coefficient (Wildman–Crippen LogP) is 3.36. The highest BCUT2D eigenvalue weighted by atomic mass is 32.1. The number of hydrogen-bond acceptors (Lipinski definition) is 3. The first-order chi connectivity index (χ1) is 11.3. The Hall–Kier alpha value is -2.66. The number of rotatable bonds is 6. The zero-order chi connectivity index (χ0) is 16.3. The molecular weight excluding hydrogens is 306 g/mol. The smallest absolute Gasteiger partial charge is 0.187 e. The summed E-state index contributed by atoms with van der Waals surface area (Å²) in [6, 6.07) is 17.8. The van der Waals surface area contributed by atoms with Gasteiger partial charge in [-0.05, 0) is 36.0 Å². The first-order valence-corrected chi connectivity index (χ1v) is 7.61. The van der Waals surface area contributed by atoms with Crippen molar-refractivity contribution in [1.29, 1.82) is 0 Å². The third-order valence-electron chi connectivity index (χ3n) is 3.04. The number of benzene rings is 2. The van der Waals surface area contributed by atoms with Gasteiger partial charge in [0.05, 0.1) is 7.11 Å². The molecule has 0 radical (unpaired) electrons. The van der Waals surface area contributed by atoms with Crippen molar-refractivity contribution in [3.05, 3.63) is 71.8 Å². The van der Waals surface area contributed by atoms with Crippen LogP contribution in [0.2, 0.25) is 0 Å². The summed E-state index contributed by atoms with van der Waals surface area (Å²) < 4.78 is 5.27. The molecule has 0 spiro atoms. The van der Waals surface area contributed by atoms with Crippen molar-refractivity contribution >= 4 is 29.6 Å². The summed E-state index contributed by atoms with van der Waals surface area (Å²) in [6.45, 7) is 0.666. The standard InChI is InChI=1S/C18H19N3OS/c1-22-17-12-6-5-10-16(17)11-7-13-20-21-18(23)19-14-15-8-3-2-4-9-15/h2-13H,14H2,1H3,(H2,19,21,23). The van der Waals surface area contributed by atoms with Crippen LogP contribution >= 0.6 is 12.2 Å². The highest BCUT2D eigenvalue weighted by molar-refractivity contribution is 7.80. The van der Waals surface area contributed by atoms with Crippen molar-refractivity contribution in [3.8, 4) is 5.75 Å². The van der Waals surface area contributed by atoms with Crippen molar-refractivity contribution in [2.24, 2.45) is 5.10 Å². The summed E-state index contributed by atoms with van der Waals surface area (Å²) in [6.07, 6.45) is 5.39. The fourth-order valence-electron chi connectivity index (χ4n) is 1.91. The summed E-state index contributed by atoms with van der Waals surface area (Å²) in [5.41, 5.74) is 4.93. The molecular formula is C18H19N3OS. The van der Waals surface area contributed by atoms with Gasteiger partial charge in [-0.15, -0.1) is 0 Å². The number of thiocarbonyl (C=S) groups is 1. The van der Waals surface area contributed by atoms with E-state index in [4.69, 9.17) is 17.0 Å². The lowest BCUT2D eigenvalue weighted by molar-refractivity contribution is 0.414. The van der Waals surface area contributed by atoms with Gasteiger partial charge in [0.2, 0.25) is 0 Å². The molecule has 0 bridgehead atoms. The molecule has 5 heteroatoms. The van der Waals surface area contributed by atoms with E-state index in [1.54, 1.807) is 13.3 Å². The third kappa shape index (κ3) is 5.92. The van der Waals surface area contributed by atoms with Gasteiger partial charge in [0, 0.05) is 18.3 Å². The normalized spacial score (nSPS) is 10.8. The minimum absolute atomic E-state index is 0.482. The van der Waals surface area contributed by atoms with Crippen LogP contribution in [0.4, 0.5) is 0 Å². The Kier molecular flexibility index (Phi) is 6.81. The molecule has 0 aliphatic heterocycles. The monoisotopic (exact) mass is 325 g/mol. The van der Waals surface area contributed by atoms with Crippen LogP contribution in [-0.2, 0) is 6.54 Å². The van der Waals surface area contributed by atoms with E-state index in [1.165, 1.54) is 0 Å². The highest BCUT2D eigenvalue weighted by Gasteiger charge is 1.95. The average molecular weight is 325 g/mol. The van der Waals surface area contributed by atoms with E-state index in [0.29, 0.717) is 11.7 Å². The minimum Gasteiger partial charge on any atom is -0.496 e. The largest absolute Gasteiger partial charge is 0.496 e. The van der Waals surface area contributed by atoms with Crippen LogP contribution in [0.5, 0.6) is 5.75 Å². The van der Waals surface area contributed by atoms with Crippen LogP contribution in [0.1, 0.15) is 11.1 Å². The van der Waals surface area contributed by atoms with Crippen LogP contribution in [0.3, 0.4) is 0 Å². The molecule has 0 amide bonds. The zero-order valence-corrected chi connectivity index (χ0v) is 13.7. The van der Waals surface area contributed by atoms with Crippen molar-refractivity contribution < 1.29 is 4.74 Å². The molecule has 2 aromatic carbocycles. The van der Waals surface area contributed by atoms with Gasteiger partial charge in [-0.1, -0.05) is 48.5 Å². The Bertz CT molecular complexity index is 684. The van der Waals surface area contributed by atoms with Gasteiger partial charge in [0.15, 0.2) is 5.11 Å². The summed E-state index contributed by atoms with van der Waals surface area (Å²) in [5, 5.41) is 7.62. The molecule has 0 atom stereocenters. The van der Waals surface area contributed by atoms with Gasteiger partial charge >= 0.3 is 0 Å². The van der Waals surface area contributed by atoms with Crippen molar-refractivity contribution in [1.82, 2.24) is 10.7 Å². The van der Waals surface area contributed by atoms with Gasteiger partial charge in [0.25, 0.3) is 0 Å². The van der Waals surface area contributed by atoms with Crippen LogP contribution in [-0.4, -0.2) is 18.4 Å². The Balaban J connectivity index is 1.75. The fourth-order valence-corrected chi connectivity index (χ4v) is 2.03. The summed E-state index contributed by atoms with van der Waals surface area (Å²) in [5.74, 6) is 0.824. The van der Waals surface area contributed by atoms with E-state index in [1.807, 2.05) is 66.7 Å². The molecule has 118 valence electrons. The van der Waals surface area contributed by atoms with Crippen molar-refractivity contribution in [3.63, 3.8) is 0 Å². The highest BCUT2D eigenvalue weighted by Crippen LogP contribution is 2.18. The molecule has 0 heterocycles. The number of nitrogens with zero attached hydrogens (tertiary/aromatic N) is 1. The van der Waals surface area contributed by atoms with E-state index in [0.717, 1.165) is 16.9 Å². The molecule has 0 aliphatic carbocycles. The molecule has 0 saturated heterocycles. The number of nitrogens with one attached hydrogen (secondary N) is 2. The van der Waals surface area contributed by atoms with Crippen molar-refractivity contribution in [2.45, 2.75) is 6.54 Å². The maximum absolute atomic E-state index is 5.27. The van der Waals surface area contributed by atoms with Crippen LogP contribution < -0.4 is 15.5 Å². The molecule has 4 nitrogen and oxygen atoms in total. The molecule has 23 heavy (non-hydrogen) atoms. The van der Waals surface area contributed by atoms with Crippen LogP contribution in [0.15, 0.2) is 65.8 Å². The fraction of sp³-hybridized carbons (Fsp3) is 0.111. The Morgan fingerprint density at radius 3 is 2.65 bits per heavy atom. The molecule has 2 rings (SSSR count). The molecule has 2 N–H and O–H groups in total. The van der Waals surface area contributed by atoms with Crippen molar-refractivity contribution in [2.75, 3.05) is 7.11 Å². The Morgan fingerprint density at radius 1 is 1.13 bits per heavy atom. The van der Waals surface area contributed by atoms with E-state index in [-0.39, 0.29) is 0 Å². The summed E-state index contributed by atoms with van der Waals surface area (Å²) >= 11 is 5.16. The number of hydrogen-bond donors (Lipinski definition) is 2. The molecule has 0 aliphatic rings. The Morgan fingerprint density at radius 2 is 1.87 bits per heavy atom. The molecule has 0 fully saturated rings. The minimum atomic E-state index is 0.482. The summed E-state index contributed by atoms with van der Waals surface area (Å²) in [4.78, 5) is 0. The van der Waals surface area contributed by atoms with Gasteiger partial charge < -0.3 is 10.1 Å². The summed E-state index contributed by atoms with van der Waals surface area (Å²) in [7, 11) is 1.65. The van der Waals surface area contributed by atoms with Gasteiger partial charge in [0.1, 0.15) is 5.75 Å². The maximum atomic E-state index is 5.27. The average Bonchev–Trinajstić information content (AvgIpc) is 2.61. The van der Waals surface area contributed by atoms with Crippen LogP contribution in [0.25, 0.3) is 6.08 Å². The first-order valence-electron chi connectivity index (χ1n) is 7.20. The molecule has 2 aromatic rings. The lowest BCUT2D eigenvalue weighted by Gasteiger charge is -2.06. The molecule has 0 saturated carbocycles. The number of para-hydroxylation sites is 1. The van der Waals surface area contributed by atoms with Gasteiger partial charge in [-0.3, -0.25) is 5.43 Å². The third-order valence-corrected chi connectivity index (χ3v) is 3.27. The molecule has 0 aromatic heterocycles. The lowest BCUT2D eigenvalue weighted by atomic mass is 10.2. The topological polar surface area (TPSA) is 45.6 Å². The SMILES string of the molecule is COc1ccccc1C=CC=NNC(=S)NCc1ccccc1.